The molecule has 2 aromatic rings. The lowest BCUT2D eigenvalue weighted by Crippen LogP contribution is -2.38. The van der Waals surface area contributed by atoms with Crippen LogP contribution in [0.4, 0.5) is 0 Å². The lowest BCUT2D eigenvalue weighted by Gasteiger charge is -2.22. The van der Waals surface area contributed by atoms with Gasteiger partial charge in [-0.1, -0.05) is 0 Å². The van der Waals surface area contributed by atoms with Crippen molar-refractivity contribution < 1.29 is 0 Å². The Hall–Kier alpha value is -1.34. The second-order valence-corrected chi connectivity index (χ2v) is 6.73. The van der Waals surface area contributed by atoms with Crippen molar-refractivity contribution in [3.05, 3.63) is 38.5 Å². The third kappa shape index (κ3) is 4.07. The molecule has 0 atom stereocenters. The summed E-state index contributed by atoms with van der Waals surface area (Å²) in [7, 11) is 5.89. The Morgan fingerprint density at radius 1 is 1.57 bits per heavy atom. The number of aliphatic imine (C=N–C) groups is 1. The van der Waals surface area contributed by atoms with Crippen molar-refractivity contribution in [1.82, 2.24) is 19.8 Å². The smallest absolute Gasteiger partial charge is 0.194 e. The molecule has 0 bridgehead atoms. The Balaban J connectivity index is 1.97. The molecule has 1 N–H and O–H groups in total. The second kappa shape index (κ2) is 7.09. The van der Waals surface area contributed by atoms with Crippen LogP contribution in [0.2, 0.25) is 0 Å². The van der Waals surface area contributed by atoms with Gasteiger partial charge in [-0.05, 0) is 28.9 Å². The number of aryl methyl sites for hydroxylation is 2. The molecule has 5 nitrogen and oxygen atoms in total. The van der Waals surface area contributed by atoms with E-state index in [1.165, 1.54) is 10.6 Å². The SMILES string of the molecule is CN=C(NCc1scnc1C)N(C)Cc1cc(Br)cn1C. The Labute approximate surface area is 137 Å². The maximum atomic E-state index is 4.34. The predicted molar refractivity (Wildman–Crippen MR) is 91.6 cm³/mol. The van der Waals surface area contributed by atoms with Gasteiger partial charge in [0.2, 0.25) is 0 Å². The van der Waals surface area contributed by atoms with Gasteiger partial charge in [-0.25, -0.2) is 4.98 Å². The van der Waals surface area contributed by atoms with E-state index in [4.69, 9.17) is 0 Å². The standard InChI is InChI=1S/C14H20BrN5S/c1-10-13(21-9-18-10)6-17-14(16-2)20(4)8-12-5-11(15)7-19(12)3/h5,7,9H,6,8H2,1-4H3,(H,16,17). The van der Waals surface area contributed by atoms with Crippen molar-refractivity contribution >= 4 is 33.2 Å². The molecule has 2 rings (SSSR count). The van der Waals surface area contributed by atoms with E-state index in [-0.39, 0.29) is 0 Å². The van der Waals surface area contributed by atoms with Crippen LogP contribution in [0.3, 0.4) is 0 Å². The van der Waals surface area contributed by atoms with E-state index in [2.05, 4.69) is 53.0 Å². The van der Waals surface area contributed by atoms with Crippen LogP contribution in [-0.4, -0.2) is 34.5 Å². The summed E-state index contributed by atoms with van der Waals surface area (Å²) in [6.45, 7) is 3.58. The fourth-order valence-electron chi connectivity index (χ4n) is 2.08. The van der Waals surface area contributed by atoms with E-state index in [0.29, 0.717) is 0 Å². The molecule has 7 heteroatoms. The highest BCUT2D eigenvalue weighted by Crippen LogP contribution is 2.15. The summed E-state index contributed by atoms with van der Waals surface area (Å²) in [5, 5.41) is 3.38. The van der Waals surface area contributed by atoms with Gasteiger partial charge < -0.3 is 14.8 Å². The number of thiazole rings is 1. The highest BCUT2D eigenvalue weighted by molar-refractivity contribution is 9.10. The number of guanidine groups is 1. The maximum absolute atomic E-state index is 4.34. The van der Waals surface area contributed by atoms with Crippen molar-refractivity contribution in [1.29, 1.82) is 0 Å². The van der Waals surface area contributed by atoms with Gasteiger partial charge in [-0.15, -0.1) is 11.3 Å². The molecule has 0 amide bonds. The highest BCUT2D eigenvalue weighted by Gasteiger charge is 2.10. The summed E-state index contributed by atoms with van der Waals surface area (Å²) in [6.07, 6.45) is 2.06. The Morgan fingerprint density at radius 3 is 2.86 bits per heavy atom. The minimum absolute atomic E-state index is 0.754. The van der Waals surface area contributed by atoms with E-state index >= 15 is 0 Å². The summed E-state index contributed by atoms with van der Waals surface area (Å²) in [6, 6.07) is 2.12. The lowest BCUT2D eigenvalue weighted by molar-refractivity contribution is 0.462. The zero-order valence-electron chi connectivity index (χ0n) is 12.7. The normalized spacial score (nSPS) is 11.8. The lowest BCUT2D eigenvalue weighted by atomic mass is 10.4. The molecule has 0 saturated carbocycles. The fourth-order valence-corrected chi connectivity index (χ4v) is 3.37. The maximum Gasteiger partial charge on any atom is 0.194 e. The highest BCUT2D eigenvalue weighted by atomic mass is 79.9. The van der Waals surface area contributed by atoms with Crippen LogP contribution in [0.15, 0.2) is 27.2 Å². The monoisotopic (exact) mass is 369 g/mol. The van der Waals surface area contributed by atoms with Crippen LogP contribution in [0, 0.1) is 6.92 Å². The fraction of sp³-hybridized carbons (Fsp3) is 0.429. The Bertz CT molecular complexity index is 631. The van der Waals surface area contributed by atoms with Crippen LogP contribution in [0.5, 0.6) is 0 Å². The topological polar surface area (TPSA) is 45.5 Å². The van der Waals surface area contributed by atoms with Gasteiger partial charge in [0, 0.05) is 42.4 Å². The van der Waals surface area contributed by atoms with Crippen LogP contribution in [-0.2, 0) is 20.1 Å². The molecule has 0 aliphatic heterocycles. The number of nitrogens with one attached hydrogen (secondary N) is 1. The minimum Gasteiger partial charge on any atom is -0.352 e. The third-order valence-electron chi connectivity index (χ3n) is 3.30. The molecule has 0 radical (unpaired) electrons. The molecule has 2 aromatic heterocycles. The molecule has 21 heavy (non-hydrogen) atoms. The number of aromatic nitrogens is 2. The van der Waals surface area contributed by atoms with E-state index in [9.17, 15) is 0 Å². The molecule has 0 saturated heterocycles. The minimum atomic E-state index is 0.754. The number of halogens is 1. The largest absolute Gasteiger partial charge is 0.352 e. The Morgan fingerprint density at radius 2 is 2.33 bits per heavy atom. The summed E-state index contributed by atoms with van der Waals surface area (Å²) < 4.78 is 3.21. The molecule has 0 aromatic carbocycles. The number of hydrogen-bond acceptors (Lipinski definition) is 3. The van der Waals surface area contributed by atoms with Crippen molar-refractivity contribution in [3.63, 3.8) is 0 Å². The molecule has 0 aliphatic carbocycles. The van der Waals surface area contributed by atoms with Gasteiger partial charge in [0.15, 0.2) is 5.96 Å². The van der Waals surface area contributed by atoms with Crippen molar-refractivity contribution in [2.75, 3.05) is 14.1 Å². The van der Waals surface area contributed by atoms with Gasteiger partial charge in [0.05, 0.1) is 24.3 Å². The quantitative estimate of drug-likeness (QED) is 0.665. The second-order valence-electron chi connectivity index (χ2n) is 4.88. The average molecular weight is 370 g/mol. The zero-order chi connectivity index (χ0) is 15.4. The van der Waals surface area contributed by atoms with Gasteiger partial charge >= 0.3 is 0 Å². The molecule has 2 heterocycles. The van der Waals surface area contributed by atoms with Gasteiger partial charge in [-0.3, -0.25) is 4.99 Å². The van der Waals surface area contributed by atoms with Crippen molar-refractivity contribution in [3.8, 4) is 0 Å². The van der Waals surface area contributed by atoms with Crippen molar-refractivity contribution in [2.45, 2.75) is 20.0 Å². The summed E-state index contributed by atoms with van der Waals surface area (Å²) in [4.78, 5) is 12.0. The summed E-state index contributed by atoms with van der Waals surface area (Å²) >= 11 is 5.17. The van der Waals surface area contributed by atoms with Crippen LogP contribution < -0.4 is 5.32 Å². The summed E-state index contributed by atoms with van der Waals surface area (Å²) in [5.74, 6) is 0.875. The Kier molecular flexibility index (Phi) is 5.41. The molecule has 114 valence electrons. The zero-order valence-corrected chi connectivity index (χ0v) is 15.1. The van der Waals surface area contributed by atoms with Gasteiger partial charge in [0.1, 0.15) is 0 Å². The molecule has 0 spiro atoms. The van der Waals surface area contributed by atoms with Crippen LogP contribution in [0.1, 0.15) is 16.3 Å². The molecule has 0 aliphatic rings. The van der Waals surface area contributed by atoms with Crippen LogP contribution >= 0.6 is 27.3 Å². The van der Waals surface area contributed by atoms with E-state index in [0.717, 1.165) is 29.2 Å². The third-order valence-corrected chi connectivity index (χ3v) is 4.67. The molecule has 0 unspecified atom stereocenters. The first-order valence-corrected chi connectivity index (χ1v) is 8.30. The average Bonchev–Trinajstić information content (AvgIpc) is 2.97. The number of hydrogen-bond donors (Lipinski definition) is 1. The van der Waals surface area contributed by atoms with Crippen LogP contribution in [0.25, 0.3) is 0 Å². The van der Waals surface area contributed by atoms with Crippen molar-refractivity contribution in [2.24, 2.45) is 12.0 Å². The molecular formula is C14H20BrN5S. The number of nitrogens with zero attached hydrogens (tertiary/aromatic N) is 4. The van der Waals surface area contributed by atoms with E-state index in [1.54, 1.807) is 18.4 Å². The van der Waals surface area contributed by atoms with E-state index in [1.807, 2.05) is 26.5 Å². The first-order valence-electron chi connectivity index (χ1n) is 6.62. The van der Waals surface area contributed by atoms with E-state index < -0.39 is 0 Å². The predicted octanol–water partition coefficient (Wildman–Crippen LogP) is 2.76. The molecule has 0 fully saturated rings. The first kappa shape index (κ1) is 16.0. The van der Waals surface area contributed by atoms with Gasteiger partial charge in [-0.2, -0.15) is 0 Å². The van der Waals surface area contributed by atoms with Gasteiger partial charge in [0.25, 0.3) is 0 Å². The molecular weight excluding hydrogens is 350 g/mol. The first-order chi connectivity index (χ1) is 10.0. The summed E-state index contributed by atoms with van der Waals surface area (Å²) in [5.41, 5.74) is 4.18. The number of rotatable bonds is 4.